The molecule has 4 saturated heterocycles. The topological polar surface area (TPSA) is 146 Å². The normalized spacial score (nSPS) is 40.2. The highest BCUT2D eigenvalue weighted by molar-refractivity contribution is 8.77. The average molecular weight is 931 g/mol. The summed E-state index contributed by atoms with van der Waals surface area (Å²) in [5.74, 6) is -2.09. The third-order valence-corrected chi connectivity index (χ3v) is 20.2. The van der Waals surface area contributed by atoms with Crippen LogP contribution in [0.15, 0.2) is 58.7 Å². The van der Waals surface area contributed by atoms with E-state index in [1.54, 1.807) is 17.9 Å². The number of benzene rings is 1. The summed E-state index contributed by atoms with van der Waals surface area (Å²) in [6.45, 7) is 15.6. The van der Waals surface area contributed by atoms with Crippen LogP contribution in [0.2, 0.25) is 0 Å². The molecular formula is C50H66N4O9S2. The first-order valence-electron chi connectivity index (χ1n) is 23.5. The van der Waals surface area contributed by atoms with Crippen LogP contribution < -0.4 is 0 Å². The molecule has 2 N–H and O–H groups in total. The van der Waals surface area contributed by atoms with Crippen molar-refractivity contribution in [3.63, 3.8) is 0 Å². The summed E-state index contributed by atoms with van der Waals surface area (Å²) in [5, 5.41) is 13.2. The molecule has 15 heteroatoms. The molecule has 352 valence electrons. The molecule has 12 atom stereocenters. The molecule has 6 aliphatic heterocycles. The van der Waals surface area contributed by atoms with E-state index in [0.717, 1.165) is 58.0 Å². The molecule has 1 aromatic carbocycles. The number of H-pyrrole nitrogens is 1. The molecular weight excluding hydrogens is 865 g/mol. The van der Waals surface area contributed by atoms with Crippen LogP contribution in [0.1, 0.15) is 84.9 Å². The fourth-order valence-electron chi connectivity index (χ4n) is 14.6. The molecule has 1 aromatic heterocycles. The number of likely N-dealkylation sites (N-methyl/N-ethyl adjacent to an activating group) is 1. The lowest BCUT2D eigenvalue weighted by Crippen LogP contribution is -2.73. The lowest BCUT2D eigenvalue weighted by Gasteiger charge is -2.58. The van der Waals surface area contributed by atoms with Crippen molar-refractivity contribution in [2.45, 2.75) is 130 Å². The molecule has 2 spiro atoms. The molecule has 5 fully saturated rings. The Morgan fingerprint density at radius 1 is 1.03 bits per heavy atom. The minimum absolute atomic E-state index is 0.0521. The average Bonchev–Trinajstić information content (AvgIpc) is 3.53. The Kier molecular flexibility index (Phi) is 10.7. The molecule has 8 aliphatic rings. The van der Waals surface area contributed by atoms with Gasteiger partial charge in [0, 0.05) is 96.6 Å². The number of epoxide rings is 1. The van der Waals surface area contributed by atoms with Gasteiger partial charge in [0.2, 0.25) is 0 Å². The van der Waals surface area contributed by atoms with Crippen molar-refractivity contribution in [3.8, 4) is 0 Å². The number of fused-ring (bicyclic) bond motifs is 6. The van der Waals surface area contributed by atoms with Gasteiger partial charge >= 0.3 is 17.9 Å². The van der Waals surface area contributed by atoms with Gasteiger partial charge in [0.15, 0.2) is 11.8 Å². The molecule has 2 aromatic rings. The number of likely N-dealkylation sites (tertiary alicyclic amines) is 1. The molecule has 65 heavy (non-hydrogen) atoms. The van der Waals surface area contributed by atoms with Crippen LogP contribution in [0.25, 0.3) is 10.9 Å². The number of nitrogens with zero attached hydrogens (tertiary/aromatic N) is 3. The number of aromatic amines is 1. The Balaban J connectivity index is 1.23. The predicted octanol–water partition coefficient (Wildman–Crippen LogP) is 6.54. The Hall–Kier alpha value is -3.31. The smallest absolute Gasteiger partial charge is 0.347 e. The number of hydrogen-bond donors (Lipinski definition) is 2. The van der Waals surface area contributed by atoms with Crippen LogP contribution in [0, 0.1) is 22.7 Å². The van der Waals surface area contributed by atoms with E-state index in [9.17, 15) is 14.7 Å². The molecule has 2 aliphatic carbocycles. The second-order valence-corrected chi connectivity index (χ2v) is 24.2. The number of ether oxygens (including phenoxy) is 5. The van der Waals surface area contributed by atoms with Crippen molar-refractivity contribution in [1.29, 1.82) is 0 Å². The maximum absolute atomic E-state index is 15.7. The van der Waals surface area contributed by atoms with E-state index < -0.39 is 63.2 Å². The molecule has 1 saturated carbocycles. The lowest BCUT2D eigenvalue weighted by atomic mass is 9.48. The summed E-state index contributed by atoms with van der Waals surface area (Å²) in [4.78, 5) is 55.5. The van der Waals surface area contributed by atoms with E-state index in [-0.39, 0.29) is 22.7 Å². The summed E-state index contributed by atoms with van der Waals surface area (Å²) in [5.41, 5.74) is -2.06. The van der Waals surface area contributed by atoms with Gasteiger partial charge in [0.25, 0.3) is 5.60 Å². The van der Waals surface area contributed by atoms with Crippen molar-refractivity contribution in [3.05, 3.63) is 65.0 Å². The van der Waals surface area contributed by atoms with E-state index >= 15 is 4.79 Å². The first kappa shape index (κ1) is 45.5. The number of carbonyl (C=O) groups is 3. The number of carbonyl (C=O) groups excluding carboxylic acids is 3. The van der Waals surface area contributed by atoms with Gasteiger partial charge in [-0.05, 0) is 86.4 Å². The zero-order chi connectivity index (χ0) is 46.3. The number of nitrogens with one attached hydrogen (secondary N) is 1. The molecule has 10 rings (SSSR count). The maximum Gasteiger partial charge on any atom is 0.347 e. The number of allylic oxidation sites excluding steroid dienone is 1. The van der Waals surface area contributed by atoms with Gasteiger partial charge in [-0.2, -0.15) is 0 Å². The summed E-state index contributed by atoms with van der Waals surface area (Å²) in [7, 11) is 10.1. The van der Waals surface area contributed by atoms with Crippen LogP contribution in [0.3, 0.4) is 0 Å². The molecule has 7 heterocycles. The Labute approximate surface area is 390 Å². The van der Waals surface area contributed by atoms with Crippen LogP contribution >= 0.6 is 21.6 Å². The standard InChI is InChI=1S/C50H66N4O9S2/c1-11-45(58)25-30-26-47(42(56)60-9,39-32(16-20-53(27-30)28-45)33-22-31(14-15-36(33)51-39)64-65-44(4,5)6)35-23-34-37(24-38(35)59-8)52(7)50-48(34)18-21-54-19-13-17-46(12-2,40(48)54)41(62-29(3)55)49(50,63-50)43(57)61-10/h13-15,17,22-24,30,35,38,40-41,51,58H,11-12,16,18-21,25-28H2,1-10H3/t30-,35?,38?,40+,41-,45+,46-,47+,48-,49+,50+/m1/s1. The maximum atomic E-state index is 15.7. The zero-order valence-electron chi connectivity index (χ0n) is 39.6. The van der Waals surface area contributed by atoms with Crippen molar-refractivity contribution >= 4 is 50.4 Å². The summed E-state index contributed by atoms with van der Waals surface area (Å²) >= 11 is 0. The number of methoxy groups -OCH3 is 3. The third-order valence-electron chi connectivity index (χ3n) is 16.9. The number of rotatable bonds is 9. The number of piperidine rings is 1. The first-order chi connectivity index (χ1) is 30.9. The highest BCUT2D eigenvalue weighted by atomic mass is 33.1. The number of aliphatic hydroxyl groups is 1. The second-order valence-electron chi connectivity index (χ2n) is 21.1. The zero-order valence-corrected chi connectivity index (χ0v) is 41.2. The minimum atomic E-state index is -1.65. The first-order valence-corrected chi connectivity index (χ1v) is 25.7. The van der Waals surface area contributed by atoms with Gasteiger partial charge < -0.3 is 38.7 Å². The number of aromatic nitrogens is 1. The highest BCUT2D eigenvalue weighted by Gasteiger charge is 2.99. The number of esters is 3. The number of hydrogen-bond acceptors (Lipinski definition) is 14. The van der Waals surface area contributed by atoms with Crippen molar-refractivity contribution < 1.29 is 43.2 Å². The van der Waals surface area contributed by atoms with E-state index in [2.05, 4.69) is 96.8 Å². The highest BCUT2D eigenvalue weighted by Crippen LogP contribution is 2.82. The SMILES string of the molecule is CC[C@]1(O)C[C@H]2CN(CCc3c([nH]c4ccc(SSC(C)(C)C)cc34)[C@@](C(=O)OC)(C3C=C4C(=CC3OC)N(C)[C@@]35O[C@]3(C(=O)OC)[C@H](OC(C)=O)[C@]3(CC)C=CCN6CC[C@]45[C@@H]63)C2)C1. The third kappa shape index (κ3) is 6.00. The van der Waals surface area contributed by atoms with Gasteiger partial charge in [-0.3, -0.25) is 19.4 Å². The van der Waals surface area contributed by atoms with Crippen molar-refractivity contribution in [2.75, 3.05) is 61.1 Å². The summed E-state index contributed by atoms with van der Waals surface area (Å²) < 4.78 is 32.0. The second kappa shape index (κ2) is 15.3. The van der Waals surface area contributed by atoms with Gasteiger partial charge in [0.1, 0.15) is 5.41 Å². The van der Waals surface area contributed by atoms with Crippen molar-refractivity contribution in [1.82, 2.24) is 19.7 Å². The van der Waals surface area contributed by atoms with Crippen LogP contribution in [-0.2, 0) is 49.9 Å². The lowest BCUT2D eigenvalue weighted by molar-refractivity contribution is -0.182. The Bertz CT molecular complexity index is 2430. The van der Waals surface area contributed by atoms with E-state index in [1.807, 2.05) is 17.8 Å². The summed E-state index contributed by atoms with van der Waals surface area (Å²) in [6, 6.07) is 6.33. The molecule has 3 unspecified atom stereocenters. The van der Waals surface area contributed by atoms with Gasteiger partial charge in [-0.25, -0.2) is 4.79 Å². The van der Waals surface area contributed by atoms with Gasteiger partial charge in [0.05, 0.1) is 31.3 Å². The molecule has 0 amide bonds. The fraction of sp³-hybridized carbons (Fsp3) is 0.660. The molecule has 2 bridgehead atoms. The predicted molar refractivity (Wildman–Crippen MR) is 250 cm³/mol. The quantitative estimate of drug-likeness (QED) is 0.0923. The Morgan fingerprint density at radius 2 is 1.80 bits per heavy atom. The largest absolute Gasteiger partial charge is 0.468 e. The van der Waals surface area contributed by atoms with E-state index in [4.69, 9.17) is 23.7 Å². The van der Waals surface area contributed by atoms with E-state index in [0.29, 0.717) is 51.6 Å². The molecule has 0 radical (unpaired) electrons. The van der Waals surface area contributed by atoms with Crippen LogP contribution in [0.5, 0.6) is 0 Å². The Morgan fingerprint density at radius 3 is 2.48 bits per heavy atom. The van der Waals surface area contributed by atoms with Crippen LogP contribution in [-0.4, -0.2) is 144 Å². The van der Waals surface area contributed by atoms with Gasteiger partial charge in [-0.1, -0.05) is 74.4 Å². The monoisotopic (exact) mass is 930 g/mol. The van der Waals surface area contributed by atoms with E-state index in [1.165, 1.54) is 21.1 Å². The van der Waals surface area contributed by atoms with Crippen LogP contribution in [0.4, 0.5) is 0 Å². The van der Waals surface area contributed by atoms with Crippen molar-refractivity contribution in [2.24, 2.45) is 22.7 Å². The minimum Gasteiger partial charge on any atom is -0.468 e. The summed E-state index contributed by atoms with van der Waals surface area (Å²) in [6.07, 6.45) is 10.6. The molecule has 13 nitrogen and oxygen atoms in total. The van der Waals surface area contributed by atoms with Gasteiger partial charge in [-0.15, -0.1) is 0 Å². The fourth-order valence-corrected chi connectivity index (χ4v) is 16.6.